The smallest absolute Gasteiger partial charge is 0.119 e. The summed E-state index contributed by atoms with van der Waals surface area (Å²) in [5.41, 5.74) is 5.49. The molecule has 2 aromatic heterocycles. The van der Waals surface area contributed by atoms with Crippen LogP contribution in [0.1, 0.15) is 31.5 Å². The Morgan fingerprint density at radius 2 is 1.85 bits per heavy atom. The van der Waals surface area contributed by atoms with E-state index in [-0.39, 0.29) is 0 Å². The molecule has 5 rings (SSSR count). The fraction of sp³-hybridized carbons (Fsp3) is 0.385. The third-order valence-corrected chi connectivity index (χ3v) is 6.23. The maximum absolute atomic E-state index is 5.69. The molecule has 0 spiro atoms. The van der Waals surface area contributed by atoms with Crippen LogP contribution >= 0.6 is 0 Å². The SMILES string of the molecule is CCc1nn(C2CCOCC2)c2cc(-c3ccnn3-c3ccc(OCCOC)cc3)ccc12. The Balaban J connectivity index is 1.48. The van der Waals surface area contributed by atoms with Crippen LogP contribution in [0.5, 0.6) is 5.75 Å². The third-order valence-electron chi connectivity index (χ3n) is 6.23. The highest BCUT2D eigenvalue weighted by atomic mass is 16.5. The van der Waals surface area contributed by atoms with E-state index in [2.05, 4.69) is 41.0 Å². The summed E-state index contributed by atoms with van der Waals surface area (Å²) in [6.45, 7) is 4.86. The molecule has 3 heterocycles. The van der Waals surface area contributed by atoms with Crippen molar-refractivity contribution < 1.29 is 14.2 Å². The van der Waals surface area contributed by atoms with E-state index in [1.165, 1.54) is 10.9 Å². The second kappa shape index (κ2) is 9.77. The van der Waals surface area contributed by atoms with Gasteiger partial charge in [0.25, 0.3) is 0 Å². The van der Waals surface area contributed by atoms with Gasteiger partial charge in [-0.25, -0.2) is 4.68 Å². The summed E-state index contributed by atoms with van der Waals surface area (Å²) < 4.78 is 20.5. The second-order valence-corrected chi connectivity index (χ2v) is 8.28. The van der Waals surface area contributed by atoms with Crippen LogP contribution in [0.4, 0.5) is 0 Å². The van der Waals surface area contributed by atoms with E-state index >= 15 is 0 Å². The maximum Gasteiger partial charge on any atom is 0.119 e. The summed E-state index contributed by atoms with van der Waals surface area (Å²) in [7, 11) is 1.67. The van der Waals surface area contributed by atoms with Crippen molar-refractivity contribution in [3.05, 3.63) is 60.4 Å². The van der Waals surface area contributed by atoms with Gasteiger partial charge >= 0.3 is 0 Å². The Morgan fingerprint density at radius 1 is 1.03 bits per heavy atom. The molecular formula is C26H30N4O3. The van der Waals surface area contributed by atoms with Crippen LogP contribution in [-0.4, -0.2) is 53.1 Å². The van der Waals surface area contributed by atoms with E-state index in [0.717, 1.165) is 60.9 Å². The number of methoxy groups -OCH3 is 1. The molecule has 1 fully saturated rings. The monoisotopic (exact) mass is 446 g/mol. The van der Waals surface area contributed by atoms with Crippen molar-refractivity contribution in [2.24, 2.45) is 0 Å². The minimum atomic E-state index is 0.382. The van der Waals surface area contributed by atoms with Crippen molar-refractivity contribution in [3.8, 4) is 22.7 Å². The molecule has 1 aliphatic rings. The van der Waals surface area contributed by atoms with Crippen molar-refractivity contribution >= 4 is 10.9 Å². The minimum Gasteiger partial charge on any atom is -0.491 e. The number of hydrogen-bond donors (Lipinski definition) is 0. The molecule has 0 N–H and O–H groups in total. The molecule has 4 aromatic rings. The average Bonchev–Trinajstić information content (AvgIpc) is 3.50. The van der Waals surface area contributed by atoms with E-state index in [9.17, 15) is 0 Å². The van der Waals surface area contributed by atoms with E-state index < -0.39 is 0 Å². The molecule has 0 unspecified atom stereocenters. The Labute approximate surface area is 193 Å². The molecule has 0 saturated carbocycles. The highest BCUT2D eigenvalue weighted by Crippen LogP contribution is 2.32. The van der Waals surface area contributed by atoms with Gasteiger partial charge in [-0.3, -0.25) is 4.68 Å². The zero-order valence-corrected chi connectivity index (χ0v) is 19.2. The first-order chi connectivity index (χ1) is 16.3. The first-order valence-corrected chi connectivity index (χ1v) is 11.6. The zero-order valence-electron chi connectivity index (χ0n) is 19.2. The molecule has 1 aliphatic heterocycles. The number of benzene rings is 2. The van der Waals surface area contributed by atoms with E-state index in [1.54, 1.807) is 7.11 Å². The van der Waals surface area contributed by atoms with Gasteiger partial charge in [0.2, 0.25) is 0 Å². The third kappa shape index (κ3) is 4.38. The Morgan fingerprint density at radius 3 is 2.61 bits per heavy atom. The summed E-state index contributed by atoms with van der Waals surface area (Å²) in [5, 5.41) is 10.8. The standard InChI is InChI=1S/C26H30N4O3/c1-3-24-23-9-4-19(18-26(23)30(28-24)21-11-14-32-15-12-21)25-10-13-27-29(25)20-5-7-22(8-6-20)33-17-16-31-2/h4-10,13,18,21H,3,11-12,14-17H2,1-2H3. The first-order valence-electron chi connectivity index (χ1n) is 11.6. The average molecular weight is 447 g/mol. The lowest BCUT2D eigenvalue weighted by Crippen LogP contribution is -2.20. The van der Waals surface area contributed by atoms with Crippen LogP contribution in [0.2, 0.25) is 0 Å². The lowest BCUT2D eigenvalue weighted by Gasteiger charge is -2.23. The van der Waals surface area contributed by atoms with Gasteiger partial charge in [-0.2, -0.15) is 10.2 Å². The number of hydrogen-bond acceptors (Lipinski definition) is 5. The molecule has 7 heteroatoms. The van der Waals surface area contributed by atoms with Crippen molar-refractivity contribution in [3.63, 3.8) is 0 Å². The number of aryl methyl sites for hydroxylation is 1. The lowest BCUT2D eigenvalue weighted by atomic mass is 10.1. The topological polar surface area (TPSA) is 63.3 Å². The maximum atomic E-state index is 5.69. The Hall–Kier alpha value is -3.16. The molecule has 0 atom stereocenters. The molecular weight excluding hydrogens is 416 g/mol. The van der Waals surface area contributed by atoms with Gasteiger partial charge in [0.15, 0.2) is 0 Å². The van der Waals surface area contributed by atoms with Gasteiger partial charge in [-0.05, 0) is 55.7 Å². The summed E-state index contributed by atoms with van der Waals surface area (Å²) in [6.07, 6.45) is 4.76. The van der Waals surface area contributed by atoms with E-state index in [1.807, 2.05) is 35.1 Å². The molecule has 0 radical (unpaired) electrons. The van der Waals surface area contributed by atoms with Crippen LogP contribution in [0.25, 0.3) is 27.8 Å². The van der Waals surface area contributed by atoms with Crippen molar-refractivity contribution in [2.45, 2.75) is 32.2 Å². The fourth-order valence-corrected chi connectivity index (χ4v) is 4.49. The molecule has 172 valence electrons. The second-order valence-electron chi connectivity index (χ2n) is 8.28. The highest BCUT2D eigenvalue weighted by molar-refractivity contribution is 5.86. The predicted molar refractivity (Wildman–Crippen MR) is 128 cm³/mol. The number of ether oxygens (including phenoxy) is 3. The summed E-state index contributed by atoms with van der Waals surface area (Å²) in [6, 6.07) is 17.1. The van der Waals surface area contributed by atoms with Crippen LogP contribution in [0.3, 0.4) is 0 Å². The molecule has 0 aliphatic carbocycles. The molecule has 0 bridgehead atoms. The van der Waals surface area contributed by atoms with Gasteiger partial charge < -0.3 is 14.2 Å². The van der Waals surface area contributed by atoms with Crippen LogP contribution in [0, 0.1) is 0 Å². The van der Waals surface area contributed by atoms with Crippen LogP contribution in [0.15, 0.2) is 54.7 Å². The van der Waals surface area contributed by atoms with Crippen molar-refractivity contribution in [1.82, 2.24) is 19.6 Å². The Kier molecular flexibility index (Phi) is 6.41. The van der Waals surface area contributed by atoms with Gasteiger partial charge in [0, 0.05) is 31.3 Å². The number of aromatic nitrogens is 4. The highest BCUT2D eigenvalue weighted by Gasteiger charge is 2.21. The molecule has 2 aromatic carbocycles. The molecule has 0 amide bonds. The van der Waals surface area contributed by atoms with Gasteiger partial charge in [0.05, 0.1) is 41.4 Å². The predicted octanol–water partition coefficient (Wildman–Crippen LogP) is 4.83. The number of rotatable bonds is 8. The molecule has 7 nitrogen and oxygen atoms in total. The van der Waals surface area contributed by atoms with Gasteiger partial charge in [-0.15, -0.1) is 0 Å². The summed E-state index contributed by atoms with van der Waals surface area (Å²) in [5.74, 6) is 0.818. The van der Waals surface area contributed by atoms with Crippen molar-refractivity contribution in [2.75, 3.05) is 33.5 Å². The lowest BCUT2D eigenvalue weighted by molar-refractivity contribution is 0.0674. The van der Waals surface area contributed by atoms with E-state index in [4.69, 9.17) is 19.3 Å². The largest absolute Gasteiger partial charge is 0.491 e. The minimum absolute atomic E-state index is 0.382. The van der Waals surface area contributed by atoms with Crippen LogP contribution in [-0.2, 0) is 15.9 Å². The zero-order chi connectivity index (χ0) is 22.6. The van der Waals surface area contributed by atoms with Gasteiger partial charge in [-0.1, -0.05) is 19.1 Å². The summed E-state index contributed by atoms with van der Waals surface area (Å²) in [4.78, 5) is 0. The fourth-order valence-electron chi connectivity index (χ4n) is 4.49. The summed E-state index contributed by atoms with van der Waals surface area (Å²) >= 11 is 0. The molecule has 1 saturated heterocycles. The number of fused-ring (bicyclic) bond motifs is 1. The van der Waals surface area contributed by atoms with E-state index in [0.29, 0.717) is 19.3 Å². The molecule has 33 heavy (non-hydrogen) atoms. The van der Waals surface area contributed by atoms with Crippen LogP contribution < -0.4 is 4.74 Å². The van der Waals surface area contributed by atoms with Crippen molar-refractivity contribution in [1.29, 1.82) is 0 Å². The normalized spacial score (nSPS) is 14.7. The Bertz CT molecular complexity index is 1210. The first kappa shape index (κ1) is 21.7. The van der Waals surface area contributed by atoms with Gasteiger partial charge in [0.1, 0.15) is 12.4 Å². The quantitative estimate of drug-likeness (QED) is 0.363. The number of nitrogens with zero attached hydrogens (tertiary/aromatic N) is 4.